The molecule has 0 aromatic heterocycles. The van der Waals surface area contributed by atoms with E-state index < -0.39 is 0 Å². The second-order valence-corrected chi connectivity index (χ2v) is 11.3. The summed E-state index contributed by atoms with van der Waals surface area (Å²) in [6.45, 7) is 7.14. The highest BCUT2D eigenvalue weighted by molar-refractivity contribution is 6.42. The molecule has 2 fully saturated rings. The van der Waals surface area contributed by atoms with Crippen LogP contribution in [0.25, 0.3) is 0 Å². The number of hydrogen-bond donors (Lipinski definition) is 2. The van der Waals surface area contributed by atoms with E-state index in [0.29, 0.717) is 41.2 Å². The third kappa shape index (κ3) is 7.95. The van der Waals surface area contributed by atoms with Crippen LogP contribution in [0.4, 0.5) is 0 Å². The van der Waals surface area contributed by atoms with E-state index in [2.05, 4.69) is 51.6 Å². The molecule has 0 unspecified atom stereocenters. The van der Waals surface area contributed by atoms with Gasteiger partial charge >= 0.3 is 0 Å². The van der Waals surface area contributed by atoms with Gasteiger partial charge in [0.25, 0.3) is 5.91 Å². The van der Waals surface area contributed by atoms with Crippen LogP contribution in [0.3, 0.4) is 0 Å². The first-order chi connectivity index (χ1) is 18.4. The molecule has 8 heteroatoms. The third-order valence-electron chi connectivity index (χ3n) is 7.87. The summed E-state index contributed by atoms with van der Waals surface area (Å²) < 4.78 is 0. The van der Waals surface area contributed by atoms with Crippen molar-refractivity contribution in [2.45, 2.75) is 63.5 Å². The SMILES string of the molecule is CC[C@H](CN1CC[C@H](CNC(=O)c2ccc(Cl)c(Cl)c2)N[C@H](CCN2CCCCC2)C1=O)c1ccccc1. The monoisotopic (exact) mass is 558 g/mol. The maximum absolute atomic E-state index is 13.8. The first-order valence-electron chi connectivity index (χ1n) is 14.0. The number of benzene rings is 2. The van der Waals surface area contributed by atoms with Crippen molar-refractivity contribution in [3.8, 4) is 0 Å². The number of rotatable bonds is 10. The molecule has 0 saturated carbocycles. The highest BCUT2D eigenvalue weighted by Crippen LogP contribution is 2.24. The number of hydrogen-bond acceptors (Lipinski definition) is 4. The summed E-state index contributed by atoms with van der Waals surface area (Å²) in [7, 11) is 0. The standard InChI is InChI=1S/C30H40Cl2N4O2/c1-2-22(23-9-5-3-6-10-23)21-36-18-13-25(20-33-29(37)24-11-12-26(31)27(32)19-24)34-28(30(36)38)14-17-35-15-7-4-8-16-35/h3,5-6,9-12,19,22,25,28,34H,2,4,7-8,13-18,20-21H2,1H3,(H,33,37)/t22-,25-,28-/m1/s1. The number of carbonyl (C=O) groups is 2. The lowest BCUT2D eigenvalue weighted by molar-refractivity contribution is -0.133. The van der Waals surface area contributed by atoms with Crippen LogP contribution >= 0.6 is 23.2 Å². The molecule has 0 aliphatic carbocycles. The zero-order valence-electron chi connectivity index (χ0n) is 22.3. The van der Waals surface area contributed by atoms with Crippen LogP contribution in [0.5, 0.6) is 0 Å². The van der Waals surface area contributed by atoms with E-state index in [1.165, 1.54) is 24.8 Å². The van der Waals surface area contributed by atoms with Crippen molar-refractivity contribution in [2.24, 2.45) is 0 Å². The molecular weight excluding hydrogens is 519 g/mol. The number of amides is 2. The molecule has 3 atom stereocenters. The van der Waals surface area contributed by atoms with Gasteiger partial charge in [-0.15, -0.1) is 0 Å². The number of piperidine rings is 1. The van der Waals surface area contributed by atoms with Crippen molar-refractivity contribution < 1.29 is 9.59 Å². The Balaban J connectivity index is 1.43. The Hall–Kier alpha value is -2.12. The van der Waals surface area contributed by atoms with Crippen LogP contribution < -0.4 is 10.6 Å². The zero-order valence-corrected chi connectivity index (χ0v) is 23.8. The normalized spacial score (nSPS) is 21.7. The van der Waals surface area contributed by atoms with Crippen molar-refractivity contribution >= 4 is 35.0 Å². The van der Waals surface area contributed by atoms with Gasteiger partial charge in [-0.3, -0.25) is 9.59 Å². The van der Waals surface area contributed by atoms with Gasteiger partial charge in [-0.25, -0.2) is 0 Å². The molecule has 2 aliphatic heterocycles. The number of halogens is 2. The fraction of sp³-hybridized carbons (Fsp3) is 0.533. The Kier molecular flexibility index (Phi) is 10.9. The fourth-order valence-electron chi connectivity index (χ4n) is 5.54. The summed E-state index contributed by atoms with van der Waals surface area (Å²) in [5.41, 5.74) is 1.75. The Bertz CT molecular complexity index is 1060. The van der Waals surface area contributed by atoms with Crippen molar-refractivity contribution in [1.82, 2.24) is 20.4 Å². The smallest absolute Gasteiger partial charge is 0.251 e. The quantitative estimate of drug-likeness (QED) is 0.412. The molecule has 2 heterocycles. The van der Waals surface area contributed by atoms with E-state index >= 15 is 0 Å². The molecule has 2 N–H and O–H groups in total. The minimum absolute atomic E-state index is 0.00108. The van der Waals surface area contributed by atoms with Crippen molar-refractivity contribution in [2.75, 3.05) is 39.3 Å². The summed E-state index contributed by atoms with van der Waals surface area (Å²) in [4.78, 5) is 31.1. The molecule has 2 aliphatic rings. The second-order valence-electron chi connectivity index (χ2n) is 10.5. The van der Waals surface area contributed by atoms with Gasteiger partial charge < -0.3 is 20.4 Å². The molecule has 206 valence electrons. The van der Waals surface area contributed by atoms with Crippen LogP contribution in [-0.4, -0.2) is 73.0 Å². The predicted molar refractivity (Wildman–Crippen MR) is 155 cm³/mol. The first kappa shape index (κ1) is 28.9. The van der Waals surface area contributed by atoms with Crippen molar-refractivity contribution in [1.29, 1.82) is 0 Å². The molecule has 2 aromatic rings. The lowest BCUT2D eigenvalue weighted by Crippen LogP contribution is -2.50. The highest BCUT2D eigenvalue weighted by atomic mass is 35.5. The summed E-state index contributed by atoms with van der Waals surface area (Å²) in [5.74, 6) is 0.279. The maximum Gasteiger partial charge on any atom is 0.251 e. The molecule has 2 amide bonds. The zero-order chi connectivity index (χ0) is 26.9. The Morgan fingerprint density at radius 1 is 1.05 bits per heavy atom. The average Bonchev–Trinajstić information content (AvgIpc) is 3.09. The Morgan fingerprint density at radius 2 is 1.82 bits per heavy atom. The van der Waals surface area contributed by atoms with E-state index in [1.807, 2.05) is 6.07 Å². The summed E-state index contributed by atoms with van der Waals surface area (Å²) in [6, 6.07) is 15.1. The van der Waals surface area contributed by atoms with E-state index in [9.17, 15) is 9.59 Å². The van der Waals surface area contributed by atoms with E-state index in [1.54, 1.807) is 18.2 Å². The van der Waals surface area contributed by atoms with Crippen molar-refractivity contribution in [3.63, 3.8) is 0 Å². The largest absolute Gasteiger partial charge is 0.350 e. The van der Waals surface area contributed by atoms with Gasteiger partial charge in [0, 0.05) is 43.7 Å². The Labute approximate surface area is 237 Å². The molecule has 2 saturated heterocycles. The van der Waals surface area contributed by atoms with Gasteiger partial charge in [0.05, 0.1) is 16.1 Å². The summed E-state index contributed by atoms with van der Waals surface area (Å²) in [5, 5.41) is 7.42. The van der Waals surface area contributed by atoms with Gasteiger partial charge in [0.2, 0.25) is 5.91 Å². The average molecular weight is 560 g/mol. The minimum atomic E-state index is -0.264. The number of carbonyl (C=O) groups excluding carboxylic acids is 2. The molecule has 0 bridgehead atoms. The van der Waals surface area contributed by atoms with Crippen LogP contribution in [-0.2, 0) is 4.79 Å². The third-order valence-corrected chi connectivity index (χ3v) is 8.61. The summed E-state index contributed by atoms with van der Waals surface area (Å²) in [6.07, 6.45) is 6.29. The fourth-order valence-corrected chi connectivity index (χ4v) is 5.84. The molecule has 0 radical (unpaired) electrons. The molecular formula is C30H40Cl2N4O2. The first-order valence-corrected chi connectivity index (χ1v) is 14.8. The lowest BCUT2D eigenvalue weighted by atomic mass is 9.95. The van der Waals surface area contributed by atoms with Gasteiger partial charge in [-0.2, -0.15) is 0 Å². The molecule has 4 rings (SSSR count). The van der Waals surface area contributed by atoms with Gasteiger partial charge in [0.15, 0.2) is 0 Å². The number of nitrogens with one attached hydrogen (secondary N) is 2. The van der Waals surface area contributed by atoms with Gasteiger partial charge in [0.1, 0.15) is 0 Å². The van der Waals surface area contributed by atoms with Crippen LogP contribution in [0.15, 0.2) is 48.5 Å². The van der Waals surface area contributed by atoms with Crippen LogP contribution in [0.1, 0.15) is 67.3 Å². The maximum atomic E-state index is 13.8. The Morgan fingerprint density at radius 3 is 2.53 bits per heavy atom. The van der Waals surface area contributed by atoms with E-state index in [0.717, 1.165) is 38.9 Å². The topological polar surface area (TPSA) is 64.7 Å². The van der Waals surface area contributed by atoms with Gasteiger partial charge in [-0.05, 0) is 69.0 Å². The van der Waals surface area contributed by atoms with Gasteiger partial charge in [-0.1, -0.05) is 66.9 Å². The van der Waals surface area contributed by atoms with E-state index in [-0.39, 0.29) is 23.9 Å². The molecule has 2 aromatic carbocycles. The molecule has 0 spiro atoms. The van der Waals surface area contributed by atoms with Crippen LogP contribution in [0.2, 0.25) is 10.0 Å². The van der Waals surface area contributed by atoms with Crippen LogP contribution in [0, 0.1) is 0 Å². The highest BCUT2D eigenvalue weighted by Gasteiger charge is 2.32. The molecule has 6 nitrogen and oxygen atoms in total. The van der Waals surface area contributed by atoms with E-state index in [4.69, 9.17) is 23.2 Å². The lowest BCUT2D eigenvalue weighted by Gasteiger charge is -2.31. The summed E-state index contributed by atoms with van der Waals surface area (Å²) >= 11 is 12.1. The molecule has 38 heavy (non-hydrogen) atoms. The number of nitrogens with zero attached hydrogens (tertiary/aromatic N) is 2. The minimum Gasteiger partial charge on any atom is -0.350 e. The second kappa shape index (κ2) is 14.3. The van der Waals surface area contributed by atoms with Crippen molar-refractivity contribution in [3.05, 3.63) is 69.7 Å². The predicted octanol–water partition coefficient (Wildman–Crippen LogP) is 5.35. The number of likely N-dealkylation sites (tertiary alicyclic amines) is 1.